The fourth-order valence-electron chi connectivity index (χ4n) is 4.62. The van der Waals surface area contributed by atoms with E-state index >= 15 is 0 Å². The monoisotopic (exact) mass is 543 g/mol. The van der Waals surface area contributed by atoms with Gasteiger partial charge in [0.25, 0.3) is 5.91 Å². The van der Waals surface area contributed by atoms with Crippen molar-refractivity contribution in [2.24, 2.45) is 5.92 Å². The molecule has 3 amide bonds. The summed E-state index contributed by atoms with van der Waals surface area (Å²) in [5.74, 6) is 1.78. The lowest BCUT2D eigenvalue weighted by molar-refractivity contribution is -0.126. The van der Waals surface area contributed by atoms with Gasteiger partial charge in [0.15, 0.2) is 5.82 Å². The summed E-state index contributed by atoms with van der Waals surface area (Å²) in [4.78, 5) is 47.9. The zero-order valence-electron chi connectivity index (χ0n) is 23.1. The number of amides is 3. The van der Waals surface area contributed by atoms with Crippen molar-refractivity contribution in [3.05, 3.63) is 71.8 Å². The zero-order chi connectivity index (χ0) is 28.3. The van der Waals surface area contributed by atoms with Gasteiger partial charge in [-0.15, -0.1) is 0 Å². The minimum atomic E-state index is -0.107. The van der Waals surface area contributed by atoms with E-state index in [0.717, 1.165) is 11.1 Å². The molecule has 2 heterocycles. The highest BCUT2D eigenvalue weighted by molar-refractivity contribution is 5.94. The van der Waals surface area contributed by atoms with E-state index in [9.17, 15) is 14.4 Å². The second kappa shape index (κ2) is 14.1. The van der Waals surface area contributed by atoms with Crippen LogP contribution in [-0.4, -0.2) is 71.9 Å². The van der Waals surface area contributed by atoms with Gasteiger partial charge >= 0.3 is 0 Å². The molecule has 0 aliphatic carbocycles. The minimum absolute atomic E-state index is 0.0123. The Morgan fingerprint density at radius 1 is 0.800 bits per heavy atom. The molecule has 0 radical (unpaired) electrons. The van der Waals surface area contributed by atoms with Gasteiger partial charge in [-0.3, -0.25) is 14.4 Å². The number of carbonyl (C=O) groups is 3. The molecule has 1 saturated heterocycles. The van der Waals surface area contributed by atoms with Gasteiger partial charge in [-0.2, -0.15) is 0 Å². The second-order valence-electron chi connectivity index (χ2n) is 9.80. The van der Waals surface area contributed by atoms with Gasteiger partial charge in [0.1, 0.15) is 11.6 Å². The fourth-order valence-corrected chi connectivity index (χ4v) is 4.62. The first-order chi connectivity index (χ1) is 19.4. The summed E-state index contributed by atoms with van der Waals surface area (Å²) in [5.41, 5.74) is 2.42. The molecular formula is C30H37N7O3. The number of rotatable bonds is 11. The molecule has 3 aromatic rings. The van der Waals surface area contributed by atoms with E-state index in [4.69, 9.17) is 9.97 Å². The van der Waals surface area contributed by atoms with Gasteiger partial charge in [0.05, 0.1) is 0 Å². The van der Waals surface area contributed by atoms with Crippen molar-refractivity contribution in [2.75, 3.05) is 49.9 Å². The van der Waals surface area contributed by atoms with Crippen molar-refractivity contribution in [1.82, 2.24) is 25.5 Å². The summed E-state index contributed by atoms with van der Waals surface area (Å²) in [6.07, 6.45) is 1.30. The van der Waals surface area contributed by atoms with Crippen molar-refractivity contribution in [3.63, 3.8) is 0 Å². The molecule has 0 spiro atoms. The van der Waals surface area contributed by atoms with Crippen LogP contribution in [0.25, 0.3) is 11.4 Å². The van der Waals surface area contributed by atoms with Crippen molar-refractivity contribution >= 4 is 29.4 Å². The van der Waals surface area contributed by atoms with Crippen LogP contribution < -0.4 is 21.3 Å². The summed E-state index contributed by atoms with van der Waals surface area (Å²) in [6, 6.07) is 19.0. The molecule has 0 atom stereocenters. The van der Waals surface area contributed by atoms with Crippen LogP contribution in [0.2, 0.25) is 0 Å². The SMILES string of the molecule is CC(=O)NCCNc1nc(-c2ccccc2)nc(NCCNC(=O)C2CCN(C(=O)c3ccccc3)CC2)c1C. The Hall–Kier alpha value is -4.47. The molecule has 1 aliphatic rings. The smallest absolute Gasteiger partial charge is 0.253 e. The molecule has 10 heteroatoms. The number of hydrogen-bond acceptors (Lipinski definition) is 7. The van der Waals surface area contributed by atoms with Crippen LogP contribution in [0.1, 0.15) is 35.7 Å². The molecule has 4 rings (SSSR count). The van der Waals surface area contributed by atoms with Crippen LogP contribution in [0.4, 0.5) is 11.6 Å². The van der Waals surface area contributed by atoms with Crippen LogP contribution in [0.5, 0.6) is 0 Å². The van der Waals surface area contributed by atoms with Crippen LogP contribution in [-0.2, 0) is 9.59 Å². The summed E-state index contributed by atoms with van der Waals surface area (Å²) in [6.45, 7) is 6.51. The predicted molar refractivity (Wildman–Crippen MR) is 156 cm³/mol. The number of anilines is 2. The van der Waals surface area contributed by atoms with E-state index in [1.165, 1.54) is 6.92 Å². The Morgan fingerprint density at radius 2 is 1.35 bits per heavy atom. The Bertz CT molecular complexity index is 1290. The molecule has 1 fully saturated rings. The van der Waals surface area contributed by atoms with Gasteiger partial charge in [-0.25, -0.2) is 9.97 Å². The lowest BCUT2D eigenvalue weighted by Gasteiger charge is -2.31. The van der Waals surface area contributed by atoms with Crippen LogP contribution in [0.3, 0.4) is 0 Å². The Morgan fingerprint density at radius 3 is 1.93 bits per heavy atom. The molecule has 210 valence electrons. The third-order valence-corrected chi connectivity index (χ3v) is 6.86. The Labute approximate surface area is 235 Å². The fraction of sp³-hybridized carbons (Fsp3) is 0.367. The molecular weight excluding hydrogens is 506 g/mol. The number of aromatic nitrogens is 2. The van der Waals surface area contributed by atoms with Crippen molar-refractivity contribution < 1.29 is 14.4 Å². The summed E-state index contributed by atoms with van der Waals surface area (Å²) in [7, 11) is 0. The number of likely N-dealkylation sites (tertiary alicyclic amines) is 1. The van der Waals surface area contributed by atoms with Gasteiger partial charge in [-0.1, -0.05) is 48.5 Å². The first-order valence-corrected chi connectivity index (χ1v) is 13.7. The van der Waals surface area contributed by atoms with Crippen LogP contribution in [0, 0.1) is 12.8 Å². The molecule has 1 aromatic heterocycles. The van der Waals surface area contributed by atoms with Gasteiger partial charge in [0, 0.05) is 68.8 Å². The number of piperidine rings is 1. The van der Waals surface area contributed by atoms with Crippen molar-refractivity contribution in [2.45, 2.75) is 26.7 Å². The predicted octanol–water partition coefficient (Wildman–Crippen LogP) is 3.08. The van der Waals surface area contributed by atoms with Crippen molar-refractivity contribution in [1.29, 1.82) is 0 Å². The highest BCUT2D eigenvalue weighted by Crippen LogP contribution is 2.25. The summed E-state index contributed by atoms with van der Waals surface area (Å²) in [5, 5.41) is 12.4. The first-order valence-electron chi connectivity index (χ1n) is 13.7. The molecule has 2 aromatic carbocycles. The lowest BCUT2D eigenvalue weighted by atomic mass is 9.95. The summed E-state index contributed by atoms with van der Waals surface area (Å²) >= 11 is 0. The molecule has 10 nitrogen and oxygen atoms in total. The first kappa shape index (κ1) is 28.5. The zero-order valence-corrected chi connectivity index (χ0v) is 23.1. The highest BCUT2D eigenvalue weighted by atomic mass is 16.2. The Balaban J connectivity index is 1.29. The quantitative estimate of drug-likeness (QED) is 0.274. The molecule has 1 aliphatic heterocycles. The van der Waals surface area contributed by atoms with Crippen molar-refractivity contribution in [3.8, 4) is 11.4 Å². The number of nitrogens with zero attached hydrogens (tertiary/aromatic N) is 3. The maximum Gasteiger partial charge on any atom is 0.253 e. The van der Waals surface area contributed by atoms with Gasteiger partial charge in [0.2, 0.25) is 11.8 Å². The van der Waals surface area contributed by atoms with E-state index in [1.807, 2.05) is 72.5 Å². The van der Waals surface area contributed by atoms with E-state index in [1.54, 1.807) is 0 Å². The third-order valence-electron chi connectivity index (χ3n) is 6.86. The molecule has 0 unspecified atom stereocenters. The maximum absolute atomic E-state index is 12.8. The van der Waals surface area contributed by atoms with E-state index in [0.29, 0.717) is 75.1 Å². The largest absolute Gasteiger partial charge is 0.368 e. The molecule has 0 saturated carbocycles. The second-order valence-corrected chi connectivity index (χ2v) is 9.80. The van der Waals surface area contributed by atoms with Crippen LogP contribution in [0.15, 0.2) is 60.7 Å². The normalized spacial score (nSPS) is 13.4. The minimum Gasteiger partial charge on any atom is -0.368 e. The lowest BCUT2D eigenvalue weighted by Crippen LogP contribution is -2.43. The van der Waals surface area contributed by atoms with E-state index in [2.05, 4.69) is 21.3 Å². The maximum atomic E-state index is 12.8. The number of benzene rings is 2. The number of carbonyl (C=O) groups excluding carboxylic acids is 3. The highest BCUT2D eigenvalue weighted by Gasteiger charge is 2.27. The van der Waals surface area contributed by atoms with Gasteiger partial charge < -0.3 is 26.2 Å². The standard InChI is InChI=1S/C30H37N7O3/c1-21-26(32-16-15-31-22(2)38)35-28(23-9-5-3-6-10-23)36-27(21)33-17-18-34-29(39)24-13-19-37(20-14-24)30(40)25-11-7-4-8-12-25/h3-12,24H,13-20H2,1-2H3,(H,31,38)(H,34,39)(H2,32,33,35,36). The molecule has 40 heavy (non-hydrogen) atoms. The van der Waals surface area contributed by atoms with E-state index in [-0.39, 0.29) is 23.6 Å². The Kier molecular flexibility index (Phi) is 10.0. The van der Waals surface area contributed by atoms with E-state index < -0.39 is 0 Å². The molecule has 4 N–H and O–H groups in total. The average Bonchev–Trinajstić information content (AvgIpc) is 2.99. The van der Waals surface area contributed by atoms with Crippen LogP contribution >= 0.6 is 0 Å². The van der Waals surface area contributed by atoms with Gasteiger partial charge in [-0.05, 0) is 31.9 Å². The number of hydrogen-bond donors (Lipinski definition) is 4. The topological polar surface area (TPSA) is 128 Å². The third kappa shape index (κ3) is 7.78. The molecule has 0 bridgehead atoms. The number of nitrogens with one attached hydrogen (secondary N) is 4. The summed E-state index contributed by atoms with van der Waals surface area (Å²) < 4.78 is 0. The average molecular weight is 544 g/mol.